The van der Waals surface area contributed by atoms with Gasteiger partial charge in [-0.2, -0.15) is 5.26 Å². The van der Waals surface area contributed by atoms with Crippen molar-refractivity contribution in [2.75, 3.05) is 6.54 Å². The molecule has 0 bridgehead atoms. The number of benzene rings is 4. The van der Waals surface area contributed by atoms with Gasteiger partial charge in [0, 0.05) is 12.1 Å². The van der Waals surface area contributed by atoms with E-state index < -0.39 is 6.04 Å². The van der Waals surface area contributed by atoms with Gasteiger partial charge < -0.3 is 5.32 Å². The number of hydrogen-bond acceptors (Lipinski definition) is 2. The molecule has 1 radical (unpaired) electrons. The number of nitrogens with one attached hydrogen (secondary N) is 2. The molecule has 1 atom stereocenters. The Morgan fingerprint density at radius 3 is 2.34 bits per heavy atom. The second kappa shape index (κ2) is 11.8. The van der Waals surface area contributed by atoms with Crippen molar-refractivity contribution in [3.8, 4) is 17.2 Å². The van der Waals surface area contributed by atoms with Gasteiger partial charge in [0.25, 0.3) is 5.91 Å². The first kappa shape index (κ1) is 23.9. The zero-order chi connectivity index (χ0) is 24.5. The Hall–Kier alpha value is -4.20. The molecule has 35 heavy (non-hydrogen) atoms. The highest BCUT2D eigenvalue weighted by atomic mass is 16.1. The molecule has 0 saturated carbocycles. The third kappa shape index (κ3) is 6.66. The van der Waals surface area contributed by atoms with Crippen molar-refractivity contribution in [2.45, 2.75) is 25.3 Å². The molecule has 173 valence electrons. The molecule has 4 nitrogen and oxygen atoms in total. The highest BCUT2D eigenvalue weighted by Crippen LogP contribution is 2.24. The molecule has 4 heteroatoms. The molecule has 0 aliphatic carbocycles. The van der Waals surface area contributed by atoms with Crippen LogP contribution in [0.5, 0.6) is 0 Å². The maximum atomic E-state index is 12.6. The number of hydrogen-bond donors (Lipinski definition) is 1. The van der Waals surface area contributed by atoms with Crippen molar-refractivity contribution in [3.63, 3.8) is 0 Å². The van der Waals surface area contributed by atoms with Gasteiger partial charge in [0.15, 0.2) is 0 Å². The Balaban J connectivity index is 1.35. The van der Waals surface area contributed by atoms with Crippen molar-refractivity contribution in [2.24, 2.45) is 0 Å². The van der Waals surface area contributed by atoms with Gasteiger partial charge in [-0.15, -0.1) is 0 Å². The minimum atomic E-state index is -0.411. The van der Waals surface area contributed by atoms with Gasteiger partial charge in [0.1, 0.15) is 0 Å². The summed E-state index contributed by atoms with van der Waals surface area (Å²) in [6.45, 7) is 0.634. The first-order chi connectivity index (χ1) is 17.1. The second-order valence-corrected chi connectivity index (χ2v) is 8.62. The molecule has 0 aromatic heterocycles. The standard InChI is InChI=1S/C31H28N3O/c32-22-25-10-4-9-24(19-25)20-30(33)27-16-14-26(15-17-27)28-12-5-13-29(21-28)31(35)34-18-6-11-23-7-2-1-3-8-23/h1-5,7-10,12-17,19,21,30,33H,6,11,18,20H2,(H,34,35). The minimum absolute atomic E-state index is 0.0673. The average molecular weight is 459 g/mol. The van der Waals surface area contributed by atoms with Crippen molar-refractivity contribution in [3.05, 3.63) is 131 Å². The fourth-order valence-corrected chi connectivity index (χ4v) is 4.11. The van der Waals surface area contributed by atoms with Crippen LogP contribution in [-0.2, 0) is 12.8 Å². The third-order valence-corrected chi connectivity index (χ3v) is 6.04. The molecule has 0 fully saturated rings. The van der Waals surface area contributed by atoms with Crippen molar-refractivity contribution in [1.82, 2.24) is 11.1 Å². The maximum absolute atomic E-state index is 12.6. The lowest BCUT2D eigenvalue weighted by molar-refractivity contribution is 0.0953. The van der Waals surface area contributed by atoms with Gasteiger partial charge in [-0.05, 0) is 71.3 Å². The van der Waals surface area contributed by atoms with Crippen LogP contribution in [0.15, 0.2) is 103 Å². The predicted octanol–water partition coefficient (Wildman–Crippen LogP) is 6.15. The van der Waals surface area contributed by atoms with Crippen molar-refractivity contribution < 1.29 is 4.79 Å². The van der Waals surface area contributed by atoms with Crippen LogP contribution in [0, 0.1) is 11.3 Å². The average Bonchev–Trinajstić information content (AvgIpc) is 2.92. The topological polar surface area (TPSA) is 76.7 Å². The van der Waals surface area contributed by atoms with E-state index in [2.05, 4.69) is 23.5 Å². The van der Waals surface area contributed by atoms with E-state index in [0.717, 1.165) is 35.1 Å². The maximum Gasteiger partial charge on any atom is 0.251 e. The number of carbonyl (C=O) groups is 1. The number of carbonyl (C=O) groups excluding carboxylic acids is 1. The van der Waals surface area contributed by atoms with E-state index in [0.29, 0.717) is 24.1 Å². The molecule has 4 aromatic carbocycles. The quantitative estimate of drug-likeness (QED) is 0.305. The normalized spacial score (nSPS) is 11.4. The molecular formula is C31H28N3O. The Bertz CT molecular complexity index is 1310. The molecular weight excluding hydrogens is 430 g/mol. The summed E-state index contributed by atoms with van der Waals surface area (Å²) >= 11 is 0. The second-order valence-electron chi connectivity index (χ2n) is 8.62. The van der Waals surface area contributed by atoms with E-state index >= 15 is 0 Å². The molecule has 4 aromatic rings. The molecule has 1 unspecified atom stereocenters. The van der Waals surface area contributed by atoms with E-state index in [1.54, 1.807) is 6.07 Å². The van der Waals surface area contributed by atoms with Crippen LogP contribution in [0.1, 0.15) is 45.1 Å². The minimum Gasteiger partial charge on any atom is -0.352 e. The SMILES string of the molecule is N#Cc1cccc(CC([NH])c2ccc(-c3cccc(C(=O)NCCCc4ccccc4)c3)cc2)c1. The summed E-state index contributed by atoms with van der Waals surface area (Å²) < 4.78 is 0. The van der Waals surface area contributed by atoms with E-state index in [4.69, 9.17) is 11.0 Å². The van der Waals surface area contributed by atoms with Crippen LogP contribution < -0.4 is 11.1 Å². The van der Waals surface area contributed by atoms with Crippen LogP contribution >= 0.6 is 0 Å². The number of aryl methyl sites for hydroxylation is 1. The Labute approximate surface area is 207 Å². The lowest BCUT2D eigenvalue weighted by Gasteiger charge is -2.13. The number of amides is 1. The summed E-state index contributed by atoms with van der Waals surface area (Å²) in [5.41, 5.74) is 15.0. The molecule has 2 N–H and O–H groups in total. The summed E-state index contributed by atoms with van der Waals surface area (Å²) in [7, 11) is 0. The Morgan fingerprint density at radius 2 is 1.57 bits per heavy atom. The number of nitriles is 1. The van der Waals surface area contributed by atoms with Crippen molar-refractivity contribution in [1.29, 1.82) is 5.26 Å². The zero-order valence-corrected chi connectivity index (χ0v) is 19.6. The first-order valence-corrected chi connectivity index (χ1v) is 11.8. The van der Waals surface area contributed by atoms with Crippen LogP contribution in [0.25, 0.3) is 11.1 Å². The van der Waals surface area contributed by atoms with E-state index in [-0.39, 0.29) is 5.91 Å². The summed E-state index contributed by atoms with van der Waals surface area (Å²) in [5, 5.41) is 12.1. The van der Waals surface area contributed by atoms with E-state index in [1.165, 1.54) is 5.56 Å². The molecule has 1 amide bonds. The lowest BCUT2D eigenvalue weighted by Crippen LogP contribution is -2.24. The van der Waals surface area contributed by atoms with Gasteiger partial charge in [-0.25, -0.2) is 5.73 Å². The zero-order valence-electron chi connectivity index (χ0n) is 19.6. The van der Waals surface area contributed by atoms with E-state index in [1.807, 2.05) is 84.9 Å². The molecule has 0 heterocycles. The fourth-order valence-electron chi connectivity index (χ4n) is 4.11. The molecule has 0 aliphatic rings. The Morgan fingerprint density at radius 1 is 0.829 bits per heavy atom. The van der Waals surface area contributed by atoms with Crippen LogP contribution in [0.3, 0.4) is 0 Å². The summed E-state index contributed by atoms with van der Waals surface area (Å²) in [4.78, 5) is 12.6. The monoisotopic (exact) mass is 458 g/mol. The molecule has 4 rings (SSSR count). The molecule has 0 spiro atoms. The summed E-state index contributed by atoms with van der Waals surface area (Å²) in [6, 6.07) is 35.0. The fraction of sp³-hybridized carbons (Fsp3) is 0.161. The summed E-state index contributed by atoms with van der Waals surface area (Å²) in [5.74, 6) is -0.0673. The molecule has 0 aliphatic heterocycles. The van der Waals surface area contributed by atoms with Crippen LogP contribution in [-0.4, -0.2) is 12.5 Å². The van der Waals surface area contributed by atoms with Gasteiger partial charge in [-0.1, -0.05) is 78.9 Å². The van der Waals surface area contributed by atoms with Gasteiger partial charge in [-0.3, -0.25) is 4.79 Å². The largest absolute Gasteiger partial charge is 0.352 e. The highest BCUT2D eigenvalue weighted by Gasteiger charge is 2.10. The third-order valence-electron chi connectivity index (χ3n) is 6.04. The molecule has 0 saturated heterocycles. The highest BCUT2D eigenvalue weighted by molar-refractivity contribution is 5.95. The smallest absolute Gasteiger partial charge is 0.251 e. The first-order valence-electron chi connectivity index (χ1n) is 11.8. The van der Waals surface area contributed by atoms with Gasteiger partial charge in [0.05, 0.1) is 17.7 Å². The lowest BCUT2D eigenvalue weighted by atomic mass is 9.96. The number of nitrogens with zero attached hydrogens (tertiary/aromatic N) is 1. The van der Waals surface area contributed by atoms with Crippen molar-refractivity contribution >= 4 is 5.91 Å². The number of rotatable bonds is 9. The van der Waals surface area contributed by atoms with Crippen LogP contribution in [0.2, 0.25) is 0 Å². The Kier molecular flexibility index (Phi) is 8.06. The van der Waals surface area contributed by atoms with E-state index in [9.17, 15) is 4.79 Å². The van der Waals surface area contributed by atoms with Crippen LogP contribution in [0.4, 0.5) is 0 Å². The van der Waals surface area contributed by atoms with Gasteiger partial charge >= 0.3 is 0 Å². The predicted molar refractivity (Wildman–Crippen MR) is 140 cm³/mol. The summed E-state index contributed by atoms with van der Waals surface area (Å²) in [6.07, 6.45) is 2.38. The van der Waals surface area contributed by atoms with Gasteiger partial charge in [0.2, 0.25) is 0 Å².